The highest BCUT2D eigenvalue weighted by Crippen LogP contribution is 2.21. The Bertz CT molecular complexity index is 569. The van der Waals surface area contributed by atoms with Gasteiger partial charge in [-0.25, -0.2) is 9.97 Å². The topological polar surface area (TPSA) is 46.1 Å². The third-order valence-corrected chi connectivity index (χ3v) is 2.83. The predicted octanol–water partition coefficient (Wildman–Crippen LogP) is 2.78. The zero-order chi connectivity index (χ0) is 13.1. The van der Waals surface area contributed by atoms with Crippen LogP contribution < -0.4 is 4.90 Å². The normalized spacial score (nSPS) is 10.2. The summed E-state index contributed by atoms with van der Waals surface area (Å²) >= 11 is 5.74. The standard InChI is InChI=1S/C13H12ClN3O/c1-9(18)17(2)11-5-3-10(4-6-11)12-7-8-15-13(14)16-12/h3-8H,1-2H3. The number of carbonyl (C=O) groups is 1. The van der Waals surface area contributed by atoms with Crippen LogP contribution in [-0.2, 0) is 4.79 Å². The van der Waals surface area contributed by atoms with Gasteiger partial charge in [-0.2, -0.15) is 0 Å². The van der Waals surface area contributed by atoms with Crippen molar-refractivity contribution in [2.45, 2.75) is 6.92 Å². The van der Waals surface area contributed by atoms with E-state index in [-0.39, 0.29) is 11.2 Å². The van der Waals surface area contributed by atoms with Crippen LogP contribution in [0.15, 0.2) is 36.5 Å². The summed E-state index contributed by atoms with van der Waals surface area (Å²) in [6.07, 6.45) is 1.61. The van der Waals surface area contributed by atoms with E-state index in [1.807, 2.05) is 24.3 Å². The van der Waals surface area contributed by atoms with E-state index in [0.717, 1.165) is 16.9 Å². The van der Waals surface area contributed by atoms with Gasteiger partial charge in [0, 0.05) is 31.4 Å². The van der Waals surface area contributed by atoms with Crippen LogP contribution in [0.25, 0.3) is 11.3 Å². The van der Waals surface area contributed by atoms with Crippen molar-refractivity contribution in [3.8, 4) is 11.3 Å². The molecule has 0 unspecified atom stereocenters. The quantitative estimate of drug-likeness (QED) is 0.781. The van der Waals surface area contributed by atoms with Crippen molar-refractivity contribution >= 4 is 23.2 Å². The summed E-state index contributed by atoms with van der Waals surface area (Å²) < 4.78 is 0. The Morgan fingerprint density at radius 3 is 2.44 bits per heavy atom. The lowest BCUT2D eigenvalue weighted by Gasteiger charge is -2.15. The number of benzene rings is 1. The van der Waals surface area contributed by atoms with Crippen molar-refractivity contribution in [2.24, 2.45) is 0 Å². The van der Waals surface area contributed by atoms with E-state index in [2.05, 4.69) is 9.97 Å². The van der Waals surface area contributed by atoms with Crippen molar-refractivity contribution < 1.29 is 4.79 Å². The maximum atomic E-state index is 11.2. The zero-order valence-electron chi connectivity index (χ0n) is 10.1. The fourth-order valence-electron chi connectivity index (χ4n) is 1.53. The van der Waals surface area contributed by atoms with Gasteiger partial charge in [0.25, 0.3) is 0 Å². The number of rotatable bonds is 2. The molecule has 0 saturated heterocycles. The average Bonchev–Trinajstić information content (AvgIpc) is 2.38. The fourth-order valence-corrected chi connectivity index (χ4v) is 1.68. The van der Waals surface area contributed by atoms with Crippen molar-refractivity contribution in [3.05, 3.63) is 41.8 Å². The summed E-state index contributed by atoms with van der Waals surface area (Å²) in [5.41, 5.74) is 2.53. The first-order chi connectivity index (χ1) is 8.58. The van der Waals surface area contributed by atoms with E-state index in [1.54, 1.807) is 24.2 Å². The maximum absolute atomic E-state index is 11.2. The molecular formula is C13H12ClN3O. The third kappa shape index (κ3) is 2.65. The van der Waals surface area contributed by atoms with Gasteiger partial charge >= 0.3 is 0 Å². The molecule has 1 amide bonds. The van der Waals surface area contributed by atoms with Crippen LogP contribution in [0, 0.1) is 0 Å². The molecule has 18 heavy (non-hydrogen) atoms. The van der Waals surface area contributed by atoms with Crippen LogP contribution in [0.3, 0.4) is 0 Å². The van der Waals surface area contributed by atoms with Crippen LogP contribution in [-0.4, -0.2) is 22.9 Å². The van der Waals surface area contributed by atoms with Crippen LogP contribution in [0.1, 0.15) is 6.92 Å². The summed E-state index contributed by atoms with van der Waals surface area (Å²) in [5, 5.41) is 0.220. The molecule has 0 aliphatic heterocycles. The summed E-state index contributed by atoms with van der Waals surface area (Å²) in [6.45, 7) is 1.53. The first-order valence-electron chi connectivity index (χ1n) is 5.41. The average molecular weight is 262 g/mol. The number of hydrogen-bond acceptors (Lipinski definition) is 3. The lowest BCUT2D eigenvalue weighted by Crippen LogP contribution is -2.22. The van der Waals surface area contributed by atoms with Crippen LogP contribution in [0.5, 0.6) is 0 Å². The minimum atomic E-state index is -0.00664. The molecule has 0 bridgehead atoms. The van der Waals surface area contributed by atoms with E-state index >= 15 is 0 Å². The molecule has 5 heteroatoms. The Morgan fingerprint density at radius 2 is 1.89 bits per heavy atom. The van der Waals surface area contributed by atoms with Gasteiger partial charge in [-0.3, -0.25) is 4.79 Å². The number of halogens is 1. The van der Waals surface area contributed by atoms with Gasteiger partial charge in [0.1, 0.15) is 0 Å². The number of carbonyl (C=O) groups excluding carboxylic acids is 1. The summed E-state index contributed by atoms with van der Waals surface area (Å²) in [7, 11) is 1.74. The molecule has 0 saturated carbocycles. The monoisotopic (exact) mass is 261 g/mol. The predicted molar refractivity (Wildman–Crippen MR) is 71.6 cm³/mol. The van der Waals surface area contributed by atoms with Crippen molar-refractivity contribution in [3.63, 3.8) is 0 Å². The van der Waals surface area contributed by atoms with Gasteiger partial charge in [-0.15, -0.1) is 0 Å². The molecule has 2 rings (SSSR count). The molecule has 0 atom stereocenters. The molecule has 0 fully saturated rings. The van der Waals surface area contributed by atoms with E-state index in [9.17, 15) is 4.79 Å². The van der Waals surface area contributed by atoms with E-state index in [4.69, 9.17) is 11.6 Å². The molecule has 1 aromatic heterocycles. The Balaban J connectivity index is 2.30. The summed E-state index contributed by atoms with van der Waals surface area (Å²) in [6, 6.07) is 9.32. The lowest BCUT2D eigenvalue weighted by atomic mass is 10.1. The molecule has 0 aliphatic rings. The Hall–Kier alpha value is -1.94. The van der Waals surface area contributed by atoms with Crippen molar-refractivity contribution in [1.29, 1.82) is 0 Å². The van der Waals surface area contributed by atoms with Gasteiger partial charge in [0.15, 0.2) is 0 Å². The smallest absolute Gasteiger partial charge is 0.223 e. The van der Waals surface area contributed by atoms with Crippen molar-refractivity contribution in [2.75, 3.05) is 11.9 Å². The highest BCUT2D eigenvalue weighted by atomic mass is 35.5. The summed E-state index contributed by atoms with van der Waals surface area (Å²) in [5.74, 6) is -0.00664. The Morgan fingerprint density at radius 1 is 1.22 bits per heavy atom. The van der Waals surface area contributed by atoms with Gasteiger partial charge in [-0.1, -0.05) is 12.1 Å². The number of amides is 1. The minimum absolute atomic E-state index is 0.00664. The second-order valence-corrected chi connectivity index (χ2v) is 4.17. The minimum Gasteiger partial charge on any atom is -0.316 e. The first-order valence-corrected chi connectivity index (χ1v) is 5.79. The van der Waals surface area contributed by atoms with Gasteiger partial charge in [-0.05, 0) is 29.8 Å². The lowest BCUT2D eigenvalue weighted by molar-refractivity contribution is -0.116. The molecule has 92 valence electrons. The second-order valence-electron chi connectivity index (χ2n) is 3.84. The molecule has 0 radical (unpaired) electrons. The number of anilines is 1. The van der Waals surface area contributed by atoms with Gasteiger partial charge < -0.3 is 4.90 Å². The van der Waals surface area contributed by atoms with Gasteiger partial charge in [0.05, 0.1) is 5.69 Å². The number of hydrogen-bond donors (Lipinski definition) is 0. The first kappa shape index (κ1) is 12.5. The van der Waals surface area contributed by atoms with Crippen LogP contribution in [0.2, 0.25) is 5.28 Å². The number of aromatic nitrogens is 2. The molecule has 1 heterocycles. The second kappa shape index (κ2) is 5.14. The highest BCUT2D eigenvalue weighted by Gasteiger charge is 2.06. The van der Waals surface area contributed by atoms with E-state index < -0.39 is 0 Å². The van der Waals surface area contributed by atoms with Gasteiger partial charge in [0.2, 0.25) is 11.2 Å². The molecule has 4 nitrogen and oxygen atoms in total. The SMILES string of the molecule is CC(=O)N(C)c1ccc(-c2ccnc(Cl)n2)cc1. The van der Waals surface area contributed by atoms with Crippen molar-refractivity contribution in [1.82, 2.24) is 9.97 Å². The molecule has 0 spiro atoms. The molecule has 1 aromatic carbocycles. The third-order valence-electron chi connectivity index (χ3n) is 2.65. The van der Waals surface area contributed by atoms with E-state index in [1.165, 1.54) is 6.92 Å². The molecule has 0 N–H and O–H groups in total. The Labute approximate surface area is 110 Å². The summed E-state index contributed by atoms with van der Waals surface area (Å²) in [4.78, 5) is 20.8. The number of nitrogens with zero attached hydrogens (tertiary/aromatic N) is 3. The van der Waals surface area contributed by atoms with Crippen LogP contribution >= 0.6 is 11.6 Å². The molecular weight excluding hydrogens is 250 g/mol. The maximum Gasteiger partial charge on any atom is 0.223 e. The largest absolute Gasteiger partial charge is 0.316 e. The van der Waals surface area contributed by atoms with E-state index in [0.29, 0.717) is 0 Å². The van der Waals surface area contributed by atoms with Crippen LogP contribution in [0.4, 0.5) is 5.69 Å². The fraction of sp³-hybridized carbons (Fsp3) is 0.154. The zero-order valence-corrected chi connectivity index (χ0v) is 10.8. The molecule has 0 aliphatic carbocycles. The Kier molecular flexibility index (Phi) is 3.58. The molecule has 2 aromatic rings. The highest BCUT2D eigenvalue weighted by molar-refractivity contribution is 6.28.